The molecule has 1 saturated carbocycles. The lowest BCUT2D eigenvalue weighted by Crippen LogP contribution is -2.29. The highest BCUT2D eigenvalue weighted by molar-refractivity contribution is 5.89. The predicted molar refractivity (Wildman–Crippen MR) is 73.3 cm³/mol. The van der Waals surface area contributed by atoms with Gasteiger partial charge in [-0.15, -0.1) is 0 Å². The smallest absolute Gasteiger partial charge is 0.307 e. The second-order valence-corrected chi connectivity index (χ2v) is 5.02. The topological polar surface area (TPSA) is 66.8 Å². The quantitative estimate of drug-likeness (QED) is 0.860. The molecular formula is C15H19NO4. The number of nitrogens with zero attached hydrogens (tertiary/aromatic N) is 1. The fourth-order valence-electron chi connectivity index (χ4n) is 2.29. The maximum Gasteiger partial charge on any atom is 0.307 e. The number of hydrogen-bond acceptors (Lipinski definition) is 3. The fraction of sp³-hybridized carbons (Fsp3) is 0.467. The van der Waals surface area contributed by atoms with Crippen molar-refractivity contribution in [3.8, 4) is 5.75 Å². The minimum Gasteiger partial charge on any atom is -0.494 e. The third-order valence-corrected chi connectivity index (χ3v) is 3.48. The van der Waals surface area contributed by atoms with Gasteiger partial charge in [0.2, 0.25) is 5.91 Å². The molecule has 5 heteroatoms. The molecule has 0 heterocycles. The Bertz CT molecular complexity index is 514. The molecule has 0 aliphatic heterocycles. The predicted octanol–water partition coefficient (Wildman–Crippen LogP) is 1.76. The molecule has 1 aromatic carbocycles. The normalized spacial score (nSPS) is 20.3. The van der Waals surface area contributed by atoms with Crippen molar-refractivity contribution in [1.29, 1.82) is 0 Å². The molecular weight excluding hydrogens is 258 g/mol. The summed E-state index contributed by atoms with van der Waals surface area (Å²) in [5, 5.41) is 8.87. The summed E-state index contributed by atoms with van der Waals surface area (Å²) in [4.78, 5) is 24.5. The molecule has 0 unspecified atom stereocenters. The van der Waals surface area contributed by atoms with Crippen LogP contribution in [0.1, 0.15) is 18.9 Å². The zero-order valence-corrected chi connectivity index (χ0v) is 11.7. The number of carboxylic acid groups (broad SMARTS) is 1. The first-order valence-corrected chi connectivity index (χ1v) is 6.73. The number of carbonyl (C=O) groups is 2. The number of amides is 1. The van der Waals surface area contributed by atoms with Crippen LogP contribution in [0, 0.1) is 11.8 Å². The monoisotopic (exact) mass is 277 g/mol. The molecule has 1 amide bonds. The summed E-state index contributed by atoms with van der Waals surface area (Å²) in [5.74, 6) is -1.10. The van der Waals surface area contributed by atoms with Crippen molar-refractivity contribution in [2.75, 3.05) is 13.7 Å². The average Bonchev–Trinajstić information content (AvgIpc) is 3.20. The van der Waals surface area contributed by atoms with Gasteiger partial charge in [0.1, 0.15) is 5.75 Å². The molecule has 1 aliphatic rings. The molecule has 0 spiro atoms. The van der Waals surface area contributed by atoms with Crippen LogP contribution in [0.3, 0.4) is 0 Å². The molecule has 1 aromatic rings. The fourth-order valence-corrected chi connectivity index (χ4v) is 2.29. The number of carboxylic acids is 1. The number of carbonyl (C=O) groups excluding carboxylic acids is 1. The van der Waals surface area contributed by atoms with Crippen LogP contribution in [0.4, 0.5) is 0 Å². The van der Waals surface area contributed by atoms with Gasteiger partial charge >= 0.3 is 5.97 Å². The molecule has 5 nitrogen and oxygen atoms in total. The van der Waals surface area contributed by atoms with Crippen LogP contribution in [-0.2, 0) is 16.1 Å². The van der Waals surface area contributed by atoms with Crippen LogP contribution in [0.25, 0.3) is 0 Å². The first-order valence-electron chi connectivity index (χ1n) is 6.73. The number of benzene rings is 1. The summed E-state index contributed by atoms with van der Waals surface area (Å²) < 4.78 is 5.52. The van der Waals surface area contributed by atoms with Crippen molar-refractivity contribution in [1.82, 2.24) is 4.90 Å². The molecule has 0 bridgehead atoms. The van der Waals surface area contributed by atoms with Gasteiger partial charge in [0.15, 0.2) is 0 Å². The lowest BCUT2D eigenvalue weighted by Gasteiger charge is -2.19. The van der Waals surface area contributed by atoms with Crippen molar-refractivity contribution in [3.63, 3.8) is 0 Å². The van der Waals surface area contributed by atoms with Crippen molar-refractivity contribution >= 4 is 11.9 Å². The third-order valence-electron chi connectivity index (χ3n) is 3.48. The molecule has 108 valence electrons. The summed E-state index contributed by atoms with van der Waals surface area (Å²) in [6.45, 7) is 2.91. The van der Waals surface area contributed by atoms with E-state index in [1.165, 1.54) is 0 Å². The molecule has 1 N–H and O–H groups in total. The first kappa shape index (κ1) is 14.4. The maximum absolute atomic E-state index is 12.1. The van der Waals surface area contributed by atoms with Crippen molar-refractivity contribution < 1.29 is 19.4 Å². The van der Waals surface area contributed by atoms with E-state index in [1.54, 1.807) is 11.9 Å². The Morgan fingerprint density at radius 2 is 2.05 bits per heavy atom. The van der Waals surface area contributed by atoms with Crippen LogP contribution in [0.15, 0.2) is 24.3 Å². The third kappa shape index (κ3) is 3.10. The highest BCUT2D eigenvalue weighted by Gasteiger charge is 2.49. The zero-order valence-electron chi connectivity index (χ0n) is 11.7. The number of para-hydroxylation sites is 1. The van der Waals surface area contributed by atoms with Gasteiger partial charge in [-0.3, -0.25) is 9.59 Å². The van der Waals surface area contributed by atoms with E-state index in [-0.39, 0.29) is 11.8 Å². The first-order chi connectivity index (χ1) is 9.54. The summed E-state index contributed by atoms with van der Waals surface area (Å²) in [6.07, 6.45) is 0.450. The second kappa shape index (κ2) is 5.94. The van der Waals surface area contributed by atoms with Crippen LogP contribution in [0.5, 0.6) is 5.75 Å². The molecule has 2 rings (SSSR count). The van der Waals surface area contributed by atoms with Gasteiger partial charge in [-0.25, -0.2) is 0 Å². The maximum atomic E-state index is 12.1. The molecule has 0 aromatic heterocycles. The molecule has 1 aliphatic carbocycles. The lowest BCUT2D eigenvalue weighted by atomic mass is 10.2. The van der Waals surface area contributed by atoms with Gasteiger partial charge in [-0.05, 0) is 19.4 Å². The Balaban J connectivity index is 2.00. The van der Waals surface area contributed by atoms with Gasteiger partial charge in [0, 0.05) is 19.2 Å². The van der Waals surface area contributed by atoms with E-state index in [0.29, 0.717) is 19.6 Å². The Kier molecular flexibility index (Phi) is 4.27. The van der Waals surface area contributed by atoms with E-state index in [1.807, 2.05) is 31.2 Å². The highest BCUT2D eigenvalue weighted by Crippen LogP contribution is 2.40. The van der Waals surface area contributed by atoms with Crippen molar-refractivity contribution in [3.05, 3.63) is 29.8 Å². The molecule has 20 heavy (non-hydrogen) atoms. The minimum atomic E-state index is -0.883. The molecule has 2 atom stereocenters. The Morgan fingerprint density at radius 3 is 2.65 bits per heavy atom. The summed E-state index contributed by atoms with van der Waals surface area (Å²) in [6, 6.07) is 7.57. The van der Waals surface area contributed by atoms with Crippen LogP contribution in [-0.4, -0.2) is 35.5 Å². The van der Waals surface area contributed by atoms with Crippen molar-refractivity contribution in [2.24, 2.45) is 11.8 Å². The van der Waals surface area contributed by atoms with Gasteiger partial charge in [-0.1, -0.05) is 18.2 Å². The van der Waals surface area contributed by atoms with Gasteiger partial charge in [-0.2, -0.15) is 0 Å². The number of aliphatic carboxylic acids is 1. The second-order valence-electron chi connectivity index (χ2n) is 5.02. The van der Waals surface area contributed by atoms with Gasteiger partial charge in [0.05, 0.1) is 18.4 Å². The number of ether oxygens (including phenoxy) is 1. The molecule has 1 fully saturated rings. The summed E-state index contributed by atoms with van der Waals surface area (Å²) >= 11 is 0. The average molecular weight is 277 g/mol. The van der Waals surface area contributed by atoms with E-state index in [2.05, 4.69) is 0 Å². The number of rotatable bonds is 6. The SMILES string of the molecule is CCOc1ccccc1CN(C)C(=O)[C@H]1C[C@@H]1C(=O)O. The van der Waals surface area contributed by atoms with Crippen LogP contribution < -0.4 is 4.74 Å². The Labute approximate surface area is 118 Å². The Morgan fingerprint density at radius 1 is 1.35 bits per heavy atom. The standard InChI is InChI=1S/C15H19NO4/c1-3-20-13-7-5-4-6-10(13)9-16(2)14(17)11-8-12(11)15(18)19/h4-7,11-12H,3,8-9H2,1-2H3,(H,18,19)/t11-,12-/m0/s1. The number of hydrogen-bond donors (Lipinski definition) is 1. The minimum absolute atomic E-state index is 0.108. The summed E-state index contributed by atoms with van der Waals surface area (Å²) in [5.41, 5.74) is 0.928. The van der Waals surface area contributed by atoms with E-state index < -0.39 is 11.9 Å². The van der Waals surface area contributed by atoms with Crippen molar-refractivity contribution in [2.45, 2.75) is 19.9 Å². The van der Waals surface area contributed by atoms with E-state index in [0.717, 1.165) is 11.3 Å². The van der Waals surface area contributed by atoms with Gasteiger partial charge in [0.25, 0.3) is 0 Å². The van der Waals surface area contributed by atoms with E-state index in [9.17, 15) is 9.59 Å². The molecule has 0 saturated heterocycles. The zero-order chi connectivity index (χ0) is 14.7. The Hall–Kier alpha value is -2.04. The van der Waals surface area contributed by atoms with Crippen LogP contribution in [0.2, 0.25) is 0 Å². The lowest BCUT2D eigenvalue weighted by molar-refractivity contribution is -0.141. The summed E-state index contributed by atoms with van der Waals surface area (Å²) in [7, 11) is 1.70. The molecule has 0 radical (unpaired) electrons. The largest absolute Gasteiger partial charge is 0.494 e. The highest BCUT2D eigenvalue weighted by atomic mass is 16.5. The van der Waals surface area contributed by atoms with Crippen LogP contribution >= 0.6 is 0 Å². The van der Waals surface area contributed by atoms with E-state index in [4.69, 9.17) is 9.84 Å². The van der Waals surface area contributed by atoms with E-state index >= 15 is 0 Å². The van der Waals surface area contributed by atoms with Gasteiger partial charge < -0.3 is 14.7 Å².